The van der Waals surface area contributed by atoms with Crippen molar-refractivity contribution in [2.24, 2.45) is 0 Å². The summed E-state index contributed by atoms with van der Waals surface area (Å²) in [5.74, 6) is 0.131. The van der Waals surface area contributed by atoms with Crippen LogP contribution in [0.4, 0.5) is 0 Å². The van der Waals surface area contributed by atoms with Gasteiger partial charge in [-0.15, -0.1) is 0 Å². The first-order chi connectivity index (χ1) is 11.4. The Hall–Kier alpha value is -2.11. The summed E-state index contributed by atoms with van der Waals surface area (Å²) >= 11 is 3.43. The molecule has 0 bridgehead atoms. The van der Waals surface area contributed by atoms with Gasteiger partial charge in [-0.25, -0.2) is 4.79 Å². The van der Waals surface area contributed by atoms with Gasteiger partial charge in [0.2, 0.25) is 0 Å². The zero-order valence-corrected chi connectivity index (χ0v) is 15.1. The van der Waals surface area contributed by atoms with E-state index in [0.29, 0.717) is 17.7 Å². The number of nitrogens with zero attached hydrogens (tertiary/aromatic N) is 1. The Morgan fingerprint density at radius 1 is 1.12 bits per heavy atom. The highest BCUT2D eigenvalue weighted by Crippen LogP contribution is 2.28. The molecular formula is C19H18BrNO3. The summed E-state index contributed by atoms with van der Waals surface area (Å²) in [7, 11) is 2.01. The number of aryl methyl sites for hydroxylation is 1. The average Bonchev–Trinajstić information content (AvgIpc) is 2.53. The average molecular weight is 388 g/mol. The number of phenols is 1. The molecule has 0 atom stereocenters. The minimum atomic E-state index is -0.400. The lowest BCUT2D eigenvalue weighted by molar-refractivity contribution is 0.319. The van der Waals surface area contributed by atoms with Crippen molar-refractivity contribution in [2.45, 2.75) is 20.0 Å². The zero-order chi connectivity index (χ0) is 17.3. The molecule has 0 saturated carbocycles. The second kappa shape index (κ2) is 6.79. The predicted octanol–water partition coefficient (Wildman–Crippen LogP) is 4.20. The summed E-state index contributed by atoms with van der Waals surface area (Å²) in [4.78, 5) is 14.0. The molecular weight excluding hydrogens is 370 g/mol. The van der Waals surface area contributed by atoms with Crippen molar-refractivity contribution in [1.29, 1.82) is 0 Å². The highest BCUT2D eigenvalue weighted by Gasteiger charge is 2.12. The van der Waals surface area contributed by atoms with E-state index in [1.165, 1.54) is 11.6 Å². The topological polar surface area (TPSA) is 53.7 Å². The van der Waals surface area contributed by atoms with Crippen LogP contribution >= 0.6 is 15.9 Å². The first kappa shape index (κ1) is 16.7. The summed E-state index contributed by atoms with van der Waals surface area (Å²) in [5, 5.41) is 10.7. The Morgan fingerprint density at radius 2 is 1.83 bits per heavy atom. The van der Waals surface area contributed by atoms with Gasteiger partial charge >= 0.3 is 5.63 Å². The summed E-state index contributed by atoms with van der Waals surface area (Å²) in [6.45, 7) is 3.13. The Balaban J connectivity index is 1.90. The molecule has 0 spiro atoms. The molecule has 3 rings (SSSR count). The molecule has 0 saturated heterocycles. The fourth-order valence-corrected chi connectivity index (χ4v) is 3.06. The maximum atomic E-state index is 11.9. The standard InChI is InChI=1S/C19H18BrNO3/c1-12-17(22)8-7-16-14(9-18(23)24-19(12)16)11-21(2)10-13-3-5-15(20)6-4-13/h3-9,22H,10-11H2,1-2H3. The van der Waals surface area contributed by atoms with Crippen LogP contribution in [0.3, 0.4) is 0 Å². The van der Waals surface area contributed by atoms with Gasteiger partial charge in [0.15, 0.2) is 0 Å². The summed E-state index contributed by atoms with van der Waals surface area (Å²) in [5.41, 5.74) is 2.73. The third-order valence-corrected chi connectivity index (χ3v) is 4.55. The number of fused-ring (bicyclic) bond motifs is 1. The van der Waals surface area contributed by atoms with E-state index in [9.17, 15) is 9.90 Å². The van der Waals surface area contributed by atoms with Gasteiger partial charge in [0.05, 0.1) is 0 Å². The van der Waals surface area contributed by atoms with Gasteiger partial charge in [0, 0.05) is 34.6 Å². The fraction of sp³-hybridized carbons (Fsp3) is 0.211. The number of rotatable bonds is 4. The number of hydrogen-bond acceptors (Lipinski definition) is 4. The van der Waals surface area contributed by atoms with Gasteiger partial charge in [0.25, 0.3) is 0 Å². The lowest BCUT2D eigenvalue weighted by Gasteiger charge is -2.18. The van der Waals surface area contributed by atoms with Crippen molar-refractivity contribution in [3.8, 4) is 5.75 Å². The fourth-order valence-electron chi connectivity index (χ4n) is 2.79. The summed E-state index contributed by atoms with van der Waals surface area (Å²) in [6.07, 6.45) is 0. The number of halogens is 1. The number of benzene rings is 2. The Bertz CT molecular complexity index is 932. The van der Waals surface area contributed by atoms with E-state index in [0.717, 1.165) is 22.0 Å². The molecule has 0 aliphatic carbocycles. The molecule has 0 amide bonds. The minimum absolute atomic E-state index is 0.131. The van der Waals surface area contributed by atoms with Crippen molar-refractivity contribution in [3.63, 3.8) is 0 Å². The normalized spacial score (nSPS) is 11.3. The van der Waals surface area contributed by atoms with Gasteiger partial charge in [-0.1, -0.05) is 28.1 Å². The molecule has 1 heterocycles. The van der Waals surface area contributed by atoms with Crippen LogP contribution in [0.1, 0.15) is 16.7 Å². The molecule has 0 aliphatic rings. The Kier molecular flexibility index (Phi) is 4.73. The van der Waals surface area contributed by atoms with Gasteiger partial charge < -0.3 is 9.52 Å². The molecule has 2 aromatic carbocycles. The second-order valence-electron chi connectivity index (χ2n) is 5.98. The molecule has 24 heavy (non-hydrogen) atoms. The maximum Gasteiger partial charge on any atom is 0.336 e. The Morgan fingerprint density at radius 3 is 2.54 bits per heavy atom. The number of phenolic OH excluding ortho intramolecular Hbond substituents is 1. The molecule has 0 unspecified atom stereocenters. The molecule has 3 aromatic rings. The monoisotopic (exact) mass is 387 g/mol. The molecule has 0 radical (unpaired) electrons. The van der Waals surface area contributed by atoms with Crippen molar-refractivity contribution in [2.75, 3.05) is 7.05 Å². The summed E-state index contributed by atoms with van der Waals surface area (Å²) < 4.78 is 6.34. The molecule has 1 N–H and O–H groups in total. The smallest absolute Gasteiger partial charge is 0.336 e. The lowest BCUT2D eigenvalue weighted by Crippen LogP contribution is -2.18. The van der Waals surface area contributed by atoms with Gasteiger partial charge in [0.1, 0.15) is 11.3 Å². The number of hydrogen-bond donors (Lipinski definition) is 1. The van der Waals surface area contributed by atoms with E-state index in [-0.39, 0.29) is 5.75 Å². The Labute approximate surface area is 148 Å². The van der Waals surface area contributed by atoms with E-state index in [1.54, 1.807) is 19.1 Å². The number of aromatic hydroxyl groups is 1. The van der Waals surface area contributed by atoms with Crippen LogP contribution in [0, 0.1) is 6.92 Å². The van der Waals surface area contributed by atoms with Crippen molar-refractivity contribution < 1.29 is 9.52 Å². The van der Waals surface area contributed by atoms with E-state index >= 15 is 0 Å². The van der Waals surface area contributed by atoms with E-state index in [1.807, 2.05) is 19.2 Å². The van der Waals surface area contributed by atoms with Gasteiger partial charge in [-0.3, -0.25) is 4.90 Å². The zero-order valence-electron chi connectivity index (χ0n) is 13.5. The molecule has 0 aliphatic heterocycles. The summed E-state index contributed by atoms with van der Waals surface area (Å²) in [6, 6.07) is 13.1. The van der Waals surface area contributed by atoms with Gasteiger partial charge in [-0.05, 0) is 49.4 Å². The highest BCUT2D eigenvalue weighted by atomic mass is 79.9. The van der Waals surface area contributed by atoms with E-state index in [2.05, 4.69) is 33.0 Å². The van der Waals surface area contributed by atoms with Crippen LogP contribution in [-0.2, 0) is 13.1 Å². The lowest BCUT2D eigenvalue weighted by atomic mass is 10.1. The first-order valence-corrected chi connectivity index (χ1v) is 8.41. The molecule has 4 nitrogen and oxygen atoms in total. The third kappa shape index (κ3) is 3.52. The SMILES string of the molecule is Cc1c(O)ccc2c(CN(C)Cc3ccc(Br)cc3)cc(=O)oc12. The van der Waals surface area contributed by atoms with E-state index in [4.69, 9.17) is 4.42 Å². The molecule has 1 aromatic heterocycles. The van der Waals surface area contributed by atoms with Crippen molar-refractivity contribution in [3.05, 3.63) is 74.0 Å². The van der Waals surface area contributed by atoms with Crippen LogP contribution in [0.25, 0.3) is 11.0 Å². The van der Waals surface area contributed by atoms with Crippen LogP contribution < -0.4 is 5.63 Å². The predicted molar refractivity (Wildman–Crippen MR) is 98.2 cm³/mol. The highest BCUT2D eigenvalue weighted by molar-refractivity contribution is 9.10. The van der Waals surface area contributed by atoms with Crippen molar-refractivity contribution in [1.82, 2.24) is 4.90 Å². The quantitative estimate of drug-likeness (QED) is 0.681. The van der Waals surface area contributed by atoms with Crippen LogP contribution in [0.5, 0.6) is 5.75 Å². The molecule has 0 fully saturated rings. The van der Waals surface area contributed by atoms with E-state index < -0.39 is 5.63 Å². The van der Waals surface area contributed by atoms with Crippen molar-refractivity contribution >= 4 is 26.9 Å². The van der Waals surface area contributed by atoms with Crippen LogP contribution in [0.15, 0.2) is 56.1 Å². The van der Waals surface area contributed by atoms with Crippen LogP contribution in [0.2, 0.25) is 0 Å². The second-order valence-corrected chi connectivity index (χ2v) is 6.89. The largest absolute Gasteiger partial charge is 0.508 e. The first-order valence-electron chi connectivity index (χ1n) is 7.62. The minimum Gasteiger partial charge on any atom is -0.508 e. The maximum absolute atomic E-state index is 11.9. The van der Waals surface area contributed by atoms with Crippen LogP contribution in [-0.4, -0.2) is 17.1 Å². The molecule has 5 heteroatoms. The van der Waals surface area contributed by atoms with Gasteiger partial charge in [-0.2, -0.15) is 0 Å². The molecule has 124 valence electrons. The third-order valence-electron chi connectivity index (χ3n) is 4.02.